The van der Waals surface area contributed by atoms with Gasteiger partial charge in [0, 0.05) is 0 Å². The number of aryl methyl sites for hydroxylation is 1. The smallest absolute Gasteiger partial charge is 0.194 e. The van der Waals surface area contributed by atoms with Gasteiger partial charge >= 0.3 is 0 Å². The van der Waals surface area contributed by atoms with Crippen molar-refractivity contribution in [2.24, 2.45) is 0 Å². The van der Waals surface area contributed by atoms with Crippen LogP contribution >= 0.6 is 11.6 Å². The highest BCUT2D eigenvalue weighted by Crippen LogP contribution is 2.28. The minimum absolute atomic E-state index is 0.524. The predicted molar refractivity (Wildman–Crippen MR) is 48.5 cm³/mol. The van der Waals surface area contributed by atoms with Crippen LogP contribution in [-0.2, 0) is 0 Å². The van der Waals surface area contributed by atoms with E-state index in [9.17, 15) is 0 Å². The SMILES string of the molecule is Cc1cccc(Cl)c1OC(C)O. The molecule has 1 aromatic carbocycles. The van der Waals surface area contributed by atoms with Crippen molar-refractivity contribution in [3.8, 4) is 5.75 Å². The second-order valence-corrected chi connectivity index (χ2v) is 3.01. The van der Waals surface area contributed by atoms with E-state index in [2.05, 4.69) is 0 Å². The Balaban J connectivity index is 2.96. The molecule has 1 N–H and O–H groups in total. The Hall–Kier alpha value is -0.730. The van der Waals surface area contributed by atoms with E-state index in [1.807, 2.05) is 19.1 Å². The van der Waals surface area contributed by atoms with E-state index in [0.29, 0.717) is 10.8 Å². The summed E-state index contributed by atoms with van der Waals surface area (Å²) in [6, 6.07) is 5.45. The fourth-order valence-electron chi connectivity index (χ4n) is 0.936. The van der Waals surface area contributed by atoms with Crippen molar-refractivity contribution in [2.75, 3.05) is 0 Å². The molecular weight excluding hydrogens is 176 g/mol. The van der Waals surface area contributed by atoms with Gasteiger partial charge in [0.1, 0.15) is 5.75 Å². The summed E-state index contributed by atoms with van der Waals surface area (Å²) in [5.74, 6) is 0.550. The van der Waals surface area contributed by atoms with Gasteiger partial charge in [0.15, 0.2) is 6.29 Å². The summed E-state index contributed by atoms with van der Waals surface area (Å²) < 4.78 is 5.10. The first-order valence-electron chi connectivity index (χ1n) is 3.71. The zero-order valence-corrected chi connectivity index (χ0v) is 7.80. The Kier molecular flexibility index (Phi) is 2.95. The molecule has 12 heavy (non-hydrogen) atoms. The zero-order valence-electron chi connectivity index (χ0n) is 7.04. The lowest BCUT2D eigenvalue weighted by Gasteiger charge is -2.12. The van der Waals surface area contributed by atoms with Crippen molar-refractivity contribution in [3.63, 3.8) is 0 Å². The van der Waals surface area contributed by atoms with Crippen LogP contribution in [0.3, 0.4) is 0 Å². The van der Waals surface area contributed by atoms with Gasteiger partial charge in [0.25, 0.3) is 0 Å². The van der Waals surface area contributed by atoms with E-state index >= 15 is 0 Å². The summed E-state index contributed by atoms with van der Waals surface area (Å²) in [5.41, 5.74) is 0.920. The van der Waals surface area contributed by atoms with E-state index < -0.39 is 6.29 Å². The Morgan fingerprint density at radius 3 is 2.67 bits per heavy atom. The lowest BCUT2D eigenvalue weighted by Crippen LogP contribution is -2.10. The Morgan fingerprint density at radius 1 is 1.50 bits per heavy atom. The van der Waals surface area contributed by atoms with Gasteiger partial charge in [0.05, 0.1) is 5.02 Å². The van der Waals surface area contributed by atoms with E-state index in [-0.39, 0.29) is 0 Å². The van der Waals surface area contributed by atoms with Gasteiger partial charge in [0.2, 0.25) is 0 Å². The van der Waals surface area contributed by atoms with E-state index in [1.165, 1.54) is 0 Å². The van der Waals surface area contributed by atoms with Crippen LogP contribution in [0.15, 0.2) is 18.2 Å². The summed E-state index contributed by atoms with van der Waals surface area (Å²) in [5, 5.41) is 9.50. The van der Waals surface area contributed by atoms with Crippen LogP contribution in [0, 0.1) is 6.92 Å². The normalized spacial score (nSPS) is 12.7. The number of para-hydroxylation sites is 1. The molecule has 1 aromatic rings. The molecule has 0 aliphatic rings. The lowest BCUT2D eigenvalue weighted by atomic mass is 10.2. The van der Waals surface area contributed by atoms with Gasteiger partial charge in [-0.1, -0.05) is 23.7 Å². The Morgan fingerprint density at radius 2 is 2.17 bits per heavy atom. The van der Waals surface area contributed by atoms with Gasteiger partial charge in [-0.05, 0) is 25.5 Å². The van der Waals surface area contributed by atoms with E-state index in [4.69, 9.17) is 21.4 Å². The molecule has 0 aromatic heterocycles. The van der Waals surface area contributed by atoms with Gasteiger partial charge in [-0.25, -0.2) is 0 Å². The molecule has 0 bridgehead atoms. The Bertz CT molecular complexity index is 251. The summed E-state index contributed by atoms with van der Waals surface area (Å²) in [6.07, 6.45) is -0.830. The topological polar surface area (TPSA) is 29.5 Å². The standard InChI is InChI=1S/C9H11ClO2/c1-6-4-3-5-8(10)9(6)12-7(2)11/h3-5,7,11H,1-2H3. The first-order chi connectivity index (χ1) is 5.61. The summed E-state index contributed by atoms with van der Waals surface area (Å²) >= 11 is 5.84. The molecule has 2 nitrogen and oxygen atoms in total. The molecule has 0 amide bonds. The third-order valence-corrected chi connectivity index (χ3v) is 1.75. The van der Waals surface area contributed by atoms with Crippen LogP contribution in [0.4, 0.5) is 0 Å². The number of benzene rings is 1. The monoisotopic (exact) mass is 186 g/mol. The minimum atomic E-state index is -0.830. The van der Waals surface area contributed by atoms with Crippen molar-refractivity contribution in [1.29, 1.82) is 0 Å². The summed E-state index contributed by atoms with van der Waals surface area (Å²) in [6.45, 7) is 3.42. The maximum atomic E-state index is 8.97. The molecule has 1 atom stereocenters. The summed E-state index contributed by atoms with van der Waals surface area (Å²) in [7, 11) is 0. The van der Waals surface area contributed by atoms with Crippen molar-refractivity contribution < 1.29 is 9.84 Å². The van der Waals surface area contributed by atoms with Crippen LogP contribution < -0.4 is 4.74 Å². The molecule has 66 valence electrons. The third-order valence-electron chi connectivity index (χ3n) is 1.45. The number of rotatable bonds is 2. The largest absolute Gasteiger partial charge is 0.464 e. The van der Waals surface area contributed by atoms with Crippen LogP contribution in [0.1, 0.15) is 12.5 Å². The number of hydrogen-bond donors (Lipinski definition) is 1. The molecule has 0 saturated carbocycles. The molecule has 1 rings (SSSR count). The average molecular weight is 187 g/mol. The first kappa shape index (κ1) is 9.36. The molecule has 0 heterocycles. The highest BCUT2D eigenvalue weighted by atomic mass is 35.5. The third kappa shape index (κ3) is 2.13. The maximum Gasteiger partial charge on any atom is 0.194 e. The van der Waals surface area contributed by atoms with E-state index in [1.54, 1.807) is 13.0 Å². The highest BCUT2D eigenvalue weighted by molar-refractivity contribution is 6.32. The van der Waals surface area contributed by atoms with Crippen molar-refractivity contribution in [2.45, 2.75) is 20.1 Å². The van der Waals surface area contributed by atoms with Gasteiger partial charge in [-0.15, -0.1) is 0 Å². The fourth-order valence-corrected chi connectivity index (χ4v) is 1.20. The van der Waals surface area contributed by atoms with Crippen molar-refractivity contribution in [1.82, 2.24) is 0 Å². The van der Waals surface area contributed by atoms with Gasteiger partial charge in [-0.3, -0.25) is 0 Å². The minimum Gasteiger partial charge on any atom is -0.464 e. The highest BCUT2D eigenvalue weighted by Gasteiger charge is 2.06. The molecule has 0 radical (unpaired) electrons. The van der Waals surface area contributed by atoms with Gasteiger partial charge < -0.3 is 9.84 Å². The lowest BCUT2D eigenvalue weighted by molar-refractivity contribution is -0.000732. The number of aliphatic hydroxyl groups is 1. The molecule has 0 saturated heterocycles. The van der Waals surface area contributed by atoms with Crippen LogP contribution in [0.5, 0.6) is 5.75 Å². The molecule has 1 unspecified atom stereocenters. The average Bonchev–Trinajstić information content (AvgIpc) is 1.97. The molecule has 3 heteroatoms. The number of halogens is 1. The zero-order chi connectivity index (χ0) is 9.14. The Labute approximate surface area is 76.7 Å². The van der Waals surface area contributed by atoms with Crippen molar-refractivity contribution in [3.05, 3.63) is 28.8 Å². The predicted octanol–water partition coefficient (Wildman–Crippen LogP) is 2.37. The molecule has 0 aliphatic carbocycles. The maximum absolute atomic E-state index is 8.97. The second kappa shape index (κ2) is 3.78. The first-order valence-corrected chi connectivity index (χ1v) is 4.09. The molecular formula is C9H11ClO2. The number of hydrogen-bond acceptors (Lipinski definition) is 2. The summed E-state index contributed by atoms with van der Waals surface area (Å²) in [4.78, 5) is 0. The van der Waals surface area contributed by atoms with Gasteiger partial charge in [-0.2, -0.15) is 0 Å². The fraction of sp³-hybridized carbons (Fsp3) is 0.333. The van der Waals surface area contributed by atoms with Crippen LogP contribution in [0.25, 0.3) is 0 Å². The van der Waals surface area contributed by atoms with Crippen molar-refractivity contribution >= 4 is 11.6 Å². The number of aliphatic hydroxyl groups excluding tert-OH is 1. The quantitative estimate of drug-likeness (QED) is 0.719. The molecule has 0 spiro atoms. The molecule has 0 fully saturated rings. The van der Waals surface area contributed by atoms with Crippen LogP contribution in [0.2, 0.25) is 5.02 Å². The molecule has 0 aliphatic heterocycles. The second-order valence-electron chi connectivity index (χ2n) is 2.60. The van der Waals surface area contributed by atoms with Crippen LogP contribution in [-0.4, -0.2) is 11.4 Å². The van der Waals surface area contributed by atoms with E-state index in [0.717, 1.165) is 5.56 Å². The number of ether oxygens (including phenoxy) is 1.